The third kappa shape index (κ3) is 3.87. The van der Waals surface area contributed by atoms with E-state index in [-0.39, 0.29) is 5.69 Å². The Labute approximate surface area is 114 Å². The second-order valence-electron chi connectivity index (χ2n) is 3.83. The van der Waals surface area contributed by atoms with Crippen LogP contribution in [0.3, 0.4) is 0 Å². The number of alkyl halides is 1. The SMILES string of the molecule is CCC(CBr)COc1ccc([N+](=O)[O-])cc1OC. The molecule has 0 aromatic heterocycles. The summed E-state index contributed by atoms with van der Waals surface area (Å²) >= 11 is 3.42. The molecule has 0 bridgehead atoms. The predicted molar refractivity (Wildman–Crippen MR) is 72.7 cm³/mol. The minimum atomic E-state index is -0.459. The van der Waals surface area contributed by atoms with E-state index in [0.29, 0.717) is 24.0 Å². The molecule has 0 aliphatic rings. The molecule has 1 aromatic carbocycles. The number of benzene rings is 1. The van der Waals surface area contributed by atoms with Crippen molar-refractivity contribution in [2.24, 2.45) is 5.92 Å². The number of hydrogen-bond donors (Lipinski definition) is 0. The van der Waals surface area contributed by atoms with Gasteiger partial charge in [-0.1, -0.05) is 22.9 Å². The molecular weight excluding hydrogens is 302 g/mol. The first kappa shape index (κ1) is 14.8. The van der Waals surface area contributed by atoms with Crippen LogP contribution in [0.4, 0.5) is 5.69 Å². The molecule has 1 unspecified atom stereocenters. The molecule has 5 nitrogen and oxygen atoms in total. The number of methoxy groups -OCH3 is 1. The topological polar surface area (TPSA) is 61.6 Å². The molecule has 0 saturated heterocycles. The Balaban J connectivity index is 2.79. The highest BCUT2D eigenvalue weighted by molar-refractivity contribution is 9.09. The minimum Gasteiger partial charge on any atom is -0.493 e. The molecule has 6 heteroatoms. The van der Waals surface area contributed by atoms with Gasteiger partial charge in [0.25, 0.3) is 5.69 Å². The molecule has 0 fully saturated rings. The fourth-order valence-corrected chi connectivity index (χ4v) is 2.01. The number of rotatable bonds is 7. The molecule has 0 saturated carbocycles. The Morgan fingerprint density at radius 3 is 2.67 bits per heavy atom. The van der Waals surface area contributed by atoms with Crippen LogP contribution in [0, 0.1) is 16.0 Å². The molecule has 18 heavy (non-hydrogen) atoms. The van der Waals surface area contributed by atoms with Gasteiger partial charge >= 0.3 is 0 Å². The van der Waals surface area contributed by atoms with E-state index in [1.807, 2.05) is 0 Å². The van der Waals surface area contributed by atoms with Crippen LogP contribution in [0.25, 0.3) is 0 Å². The Morgan fingerprint density at radius 1 is 1.44 bits per heavy atom. The highest BCUT2D eigenvalue weighted by Gasteiger charge is 2.13. The summed E-state index contributed by atoms with van der Waals surface area (Å²) in [5.41, 5.74) is -0.00765. The van der Waals surface area contributed by atoms with Gasteiger partial charge in [0.05, 0.1) is 24.7 Å². The smallest absolute Gasteiger partial charge is 0.273 e. The van der Waals surface area contributed by atoms with Crippen molar-refractivity contribution < 1.29 is 14.4 Å². The monoisotopic (exact) mass is 317 g/mol. The number of halogens is 1. The fraction of sp³-hybridized carbons (Fsp3) is 0.500. The van der Waals surface area contributed by atoms with Crippen molar-refractivity contribution in [3.05, 3.63) is 28.3 Å². The summed E-state index contributed by atoms with van der Waals surface area (Å²) in [4.78, 5) is 10.2. The average molecular weight is 318 g/mol. The molecule has 0 spiro atoms. The molecule has 0 amide bonds. The maximum atomic E-state index is 10.6. The van der Waals surface area contributed by atoms with E-state index in [1.54, 1.807) is 6.07 Å². The Kier molecular flexibility index (Phi) is 5.91. The van der Waals surface area contributed by atoms with Crippen molar-refractivity contribution in [1.29, 1.82) is 0 Å². The van der Waals surface area contributed by atoms with Gasteiger partial charge in [0.1, 0.15) is 0 Å². The van der Waals surface area contributed by atoms with Gasteiger partial charge in [0, 0.05) is 17.3 Å². The van der Waals surface area contributed by atoms with E-state index in [2.05, 4.69) is 22.9 Å². The van der Waals surface area contributed by atoms with Gasteiger partial charge in [-0.05, 0) is 12.5 Å². The quantitative estimate of drug-likeness (QED) is 0.439. The zero-order valence-electron chi connectivity index (χ0n) is 10.4. The van der Waals surface area contributed by atoms with E-state index in [4.69, 9.17) is 9.47 Å². The van der Waals surface area contributed by atoms with E-state index in [9.17, 15) is 10.1 Å². The summed E-state index contributed by atoms with van der Waals surface area (Å²) in [7, 11) is 1.47. The summed E-state index contributed by atoms with van der Waals surface area (Å²) in [6, 6.07) is 4.34. The fourth-order valence-electron chi connectivity index (χ4n) is 1.37. The van der Waals surface area contributed by atoms with Gasteiger partial charge in [0.15, 0.2) is 11.5 Å². The van der Waals surface area contributed by atoms with Crippen molar-refractivity contribution >= 4 is 21.6 Å². The highest BCUT2D eigenvalue weighted by atomic mass is 79.9. The predicted octanol–water partition coefficient (Wildman–Crippen LogP) is 3.40. The third-order valence-corrected chi connectivity index (χ3v) is 3.54. The molecule has 100 valence electrons. The summed E-state index contributed by atoms with van der Waals surface area (Å²) < 4.78 is 10.7. The lowest BCUT2D eigenvalue weighted by Crippen LogP contribution is -2.12. The van der Waals surface area contributed by atoms with Crippen LogP contribution >= 0.6 is 15.9 Å². The number of hydrogen-bond acceptors (Lipinski definition) is 4. The normalized spacial score (nSPS) is 11.9. The van der Waals surface area contributed by atoms with Crippen molar-refractivity contribution in [2.45, 2.75) is 13.3 Å². The van der Waals surface area contributed by atoms with Crippen molar-refractivity contribution in [3.63, 3.8) is 0 Å². The number of nitro benzene ring substituents is 1. The van der Waals surface area contributed by atoms with Crippen LogP contribution in [0.2, 0.25) is 0 Å². The molecular formula is C12H16BrNO4. The second-order valence-corrected chi connectivity index (χ2v) is 4.48. The lowest BCUT2D eigenvalue weighted by Gasteiger charge is -2.14. The molecule has 0 heterocycles. The standard InChI is InChI=1S/C12H16BrNO4/c1-3-9(7-13)8-18-11-5-4-10(14(15)16)6-12(11)17-2/h4-6,9H,3,7-8H2,1-2H3. The maximum Gasteiger partial charge on any atom is 0.273 e. The van der Waals surface area contributed by atoms with Gasteiger partial charge in [-0.3, -0.25) is 10.1 Å². The molecule has 0 radical (unpaired) electrons. The third-order valence-electron chi connectivity index (χ3n) is 2.63. The molecule has 1 rings (SSSR count). The van der Waals surface area contributed by atoms with Crippen LogP contribution in [-0.2, 0) is 0 Å². The van der Waals surface area contributed by atoms with Crippen molar-refractivity contribution in [3.8, 4) is 11.5 Å². The summed E-state index contributed by atoms with van der Waals surface area (Å²) in [6.45, 7) is 2.64. The largest absolute Gasteiger partial charge is 0.493 e. The van der Waals surface area contributed by atoms with Gasteiger partial charge in [-0.25, -0.2) is 0 Å². The summed E-state index contributed by atoms with van der Waals surface area (Å²) in [6.07, 6.45) is 1.00. The van der Waals surface area contributed by atoms with E-state index >= 15 is 0 Å². The van der Waals surface area contributed by atoms with Crippen LogP contribution in [0.5, 0.6) is 11.5 Å². The number of nitro groups is 1. The van der Waals surface area contributed by atoms with Crippen LogP contribution in [0.15, 0.2) is 18.2 Å². The first-order chi connectivity index (χ1) is 8.62. The van der Waals surface area contributed by atoms with Gasteiger partial charge in [0.2, 0.25) is 0 Å². The minimum absolute atomic E-state index is 0.00765. The van der Waals surface area contributed by atoms with Crippen LogP contribution < -0.4 is 9.47 Å². The Bertz CT molecular complexity index is 407. The maximum absolute atomic E-state index is 10.6. The lowest BCUT2D eigenvalue weighted by atomic mass is 10.1. The second kappa shape index (κ2) is 7.20. The van der Waals surface area contributed by atoms with Gasteiger partial charge in [-0.15, -0.1) is 0 Å². The number of non-ortho nitro benzene ring substituents is 1. The zero-order chi connectivity index (χ0) is 13.5. The Hall–Kier alpha value is -1.30. The zero-order valence-corrected chi connectivity index (χ0v) is 12.0. The van der Waals surface area contributed by atoms with Gasteiger partial charge in [-0.2, -0.15) is 0 Å². The average Bonchev–Trinajstić information content (AvgIpc) is 2.39. The summed E-state index contributed by atoms with van der Waals surface area (Å²) in [5.74, 6) is 1.32. The van der Waals surface area contributed by atoms with Crippen LogP contribution in [0.1, 0.15) is 13.3 Å². The Morgan fingerprint density at radius 2 is 2.17 bits per heavy atom. The molecule has 1 aromatic rings. The van der Waals surface area contributed by atoms with Gasteiger partial charge < -0.3 is 9.47 Å². The van der Waals surface area contributed by atoms with E-state index < -0.39 is 4.92 Å². The lowest BCUT2D eigenvalue weighted by molar-refractivity contribution is -0.384. The highest BCUT2D eigenvalue weighted by Crippen LogP contribution is 2.31. The first-order valence-electron chi connectivity index (χ1n) is 5.63. The first-order valence-corrected chi connectivity index (χ1v) is 6.75. The summed E-state index contributed by atoms with van der Waals surface area (Å²) in [5, 5.41) is 11.5. The van der Waals surface area contributed by atoms with E-state index in [0.717, 1.165) is 11.8 Å². The number of nitrogens with zero attached hydrogens (tertiary/aromatic N) is 1. The van der Waals surface area contributed by atoms with E-state index in [1.165, 1.54) is 19.2 Å². The van der Waals surface area contributed by atoms with Crippen molar-refractivity contribution in [2.75, 3.05) is 19.0 Å². The molecule has 1 atom stereocenters. The molecule has 0 N–H and O–H groups in total. The van der Waals surface area contributed by atoms with Crippen molar-refractivity contribution in [1.82, 2.24) is 0 Å². The number of ether oxygens (including phenoxy) is 2. The molecule has 0 aliphatic heterocycles. The van der Waals surface area contributed by atoms with Crippen LogP contribution in [-0.4, -0.2) is 24.0 Å². The molecule has 0 aliphatic carbocycles.